The van der Waals surface area contributed by atoms with E-state index in [1.54, 1.807) is 12.0 Å². The Kier molecular flexibility index (Phi) is 5.50. The summed E-state index contributed by atoms with van der Waals surface area (Å²) >= 11 is 0. The Morgan fingerprint density at radius 2 is 2.31 bits per heavy atom. The van der Waals surface area contributed by atoms with Gasteiger partial charge in [-0.2, -0.15) is 5.10 Å². The Hall–Kier alpha value is -2.90. The lowest BCUT2D eigenvalue weighted by Gasteiger charge is -2.32. The molecule has 138 valence electrons. The summed E-state index contributed by atoms with van der Waals surface area (Å²) in [5, 5.41) is 9.61. The minimum absolute atomic E-state index is 0.0708. The van der Waals surface area contributed by atoms with E-state index < -0.39 is 0 Å². The molecule has 2 aromatic rings. The fourth-order valence-electron chi connectivity index (χ4n) is 3.05. The van der Waals surface area contributed by atoms with Gasteiger partial charge in [0, 0.05) is 19.5 Å². The molecule has 1 atom stereocenters. The molecule has 1 saturated heterocycles. The molecule has 26 heavy (non-hydrogen) atoms. The van der Waals surface area contributed by atoms with E-state index in [9.17, 15) is 9.59 Å². The number of H-pyrrole nitrogens is 1. The van der Waals surface area contributed by atoms with Crippen molar-refractivity contribution in [3.05, 3.63) is 41.5 Å². The second-order valence-corrected chi connectivity index (χ2v) is 6.42. The topological polar surface area (TPSA) is 100 Å². The lowest BCUT2D eigenvalue weighted by molar-refractivity contribution is -0.139. The number of carbonyl (C=O) groups excluding carboxylic acids is 2. The van der Waals surface area contributed by atoms with Crippen LogP contribution in [0.3, 0.4) is 0 Å². The number of rotatable bonds is 6. The largest absolute Gasteiger partial charge is 0.497 e. The van der Waals surface area contributed by atoms with E-state index in [0.717, 1.165) is 11.3 Å². The first-order valence-electron chi connectivity index (χ1n) is 8.61. The summed E-state index contributed by atoms with van der Waals surface area (Å²) in [6.45, 7) is 2.97. The first kappa shape index (κ1) is 17.9. The number of methoxy groups -OCH3 is 1. The maximum absolute atomic E-state index is 12.4. The van der Waals surface area contributed by atoms with E-state index in [2.05, 4.69) is 20.5 Å². The molecule has 8 heteroatoms. The highest BCUT2D eigenvalue weighted by Gasteiger charge is 2.30. The average molecular weight is 357 g/mol. The Morgan fingerprint density at radius 3 is 3.04 bits per heavy atom. The number of hydrogen-bond donors (Lipinski definition) is 2. The lowest BCUT2D eigenvalue weighted by Crippen LogP contribution is -2.45. The van der Waals surface area contributed by atoms with Crippen molar-refractivity contribution < 1.29 is 14.3 Å². The third-order valence-corrected chi connectivity index (χ3v) is 4.44. The molecule has 2 amide bonds. The number of hydrogen-bond acceptors (Lipinski definition) is 5. The average Bonchev–Trinajstić information content (AvgIpc) is 3.07. The van der Waals surface area contributed by atoms with Crippen LogP contribution in [0, 0.1) is 12.8 Å². The number of nitrogens with zero attached hydrogens (tertiary/aromatic N) is 3. The highest BCUT2D eigenvalue weighted by Crippen LogP contribution is 2.21. The summed E-state index contributed by atoms with van der Waals surface area (Å²) in [6.07, 6.45) is 0.939. The van der Waals surface area contributed by atoms with Crippen LogP contribution in [-0.4, -0.2) is 45.6 Å². The van der Waals surface area contributed by atoms with Crippen molar-refractivity contribution in [1.29, 1.82) is 0 Å². The van der Waals surface area contributed by atoms with Crippen molar-refractivity contribution in [2.75, 3.05) is 13.7 Å². The predicted molar refractivity (Wildman–Crippen MR) is 94.1 cm³/mol. The number of aromatic nitrogens is 3. The molecule has 8 nitrogen and oxygen atoms in total. The van der Waals surface area contributed by atoms with Gasteiger partial charge in [-0.1, -0.05) is 12.1 Å². The van der Waals surface area contributed by atoms with Gasteiger partial charge in [0.05, 0.1) is 19.6 Å². The molecular formula is C18H23N5O3. The molecule has 1 aliphatic heterocycles. The van der Waals surface area contributed by atoms with Crippen molar-refractivity contribution in [3.63, 3.8) is 0 Å². The van der Waals surface area contributed by atoms with Crippen LogP contribution in [0.15, 0.2) is 24.3 Å². The highest BCUT2D eigenvalue weighted by atomic mass is 16.5. The number of aryl methyl sites for hydroxylation is 1. The molecule has 0 spiro atoms. The molecule has 0 radical (unpaired) electrons. The molecule has 0 unspecified atom stereocenters. The van der Waals surface area contributed by atoms with Crippen LogP contribution in [0.25, 0.3) is 0 Å². The van der Waals surface area contributed by atoms with Crippen molar-refractivity contribution >= 4 is 11.8 Å². The molecule has 0 bridgehead atoms. The van der Waals surface area contributed by atoms with Crippen molar-refractivity contribution in [1.82, 2.24) is 25.4 Å². The molecule has 1 aliphatic rings. The monoisotopic (exact) mass is 357 g/mol. The summed E-state index contributed by atoms with van der Waals surface area (Å²) in [4.78, 5) is 30.6. The lowest BCUT2D eigenvalue weighted by atomic mass is 9.96. The van der Waals surface area contributed by atoms with Crippen LogP contribution < -0.4 is 10.1 Å². The zero-order valence-corrected chi connectivity index (χ0v) is 15.0. The summed E-state index contributed by atoms with van der Waals surface area (Å²) in [5.41, 5.74) is 0.981. The number of likely N-dealkylation sites (tertiary alicyclic amines) is 1. The fourth-order valence-corrected chi connectivity index (χ4v) is 3.05. The van der Waals surface area contributed by atoms with E-state index in [1.807, 2.05) is 31.2 Å². The van der Waals surface area contributed by atoms with Crippen LogP contribution >= 0.6 is 0 Å². The number of carbonyl (C=O) groups is 2. The normalized spacial score (nSPS) is 17.2. The standard InChI is InChI=1S/C18H23N5O3/c1-12-20-16(22-21-12)9-19-18(25)14-6-7-17(24)23(11-14)10-13-4-3-5-15(8-13)26-2/h3-5,8,14H,6-7,9-11H2,1-2H3,(H,19,25)(H,20,21,22)/t14-/m1/s1. The second kappa shape index (κ2) is 7.99. The van der Waals surface area contributed by atoms with E-state index in [4.69, 9.17) is 4.74 Å². The van der Waals surface area contributed by atoms with Crippen molar-refractivity contribution in [3.8, 4) is 5.75 Å². The van der Waals surface area contributed by atoms with E-state index in [1.165, 1.54) is 0 Å². The van der Waals surface area contributed by atoms with Gasteiger partial charge in [0.15, 0.2) is 5.82 Å². The number of amides is 2. The van der Waals surface area contributed by atoms with Gasteiger partial charge in [-0.15, -0.1) is 0 Å². The van der Waals surface area contributed by atoms with Crippen molar-refractivity contribution in [2.24, 2.45) is 5.92 Å². The van der Waals surface area contributed by atoms with Crippen molar-refractivity contribution in [2.45, 2.75) is 32.9 Å². The third-order valence-electron chi connectivity index (χ3n) is 4.44. The van der Waals surface area contributed by atoms with Gasteiger partial charge in [0.2, 0.25) is 11.8 Å². The number of aromatic amines is 1. The molecule has 2 N–H and O–H groups in total. The molecule has 2 heterocycles. The van der Waals surface area contributed by atoms with Crippen LogP contribution in [0.5, 0.6) is 5.75 Å². The SMILES string of the molecule is COc1cccc(CN2C[C@H](C(=O)NCc3n[nH]c(C)n3)CCC2=O)c1. The summed E-state index contributed by atoms with van der Waals surface area (Å²) in [6, 6.07) is 7.61. The van der Waals surface area contributed by atoms with Gasteiger partial charge in [-0.25, -0.2) is 4.98 Å². The molecule has 1 fully saturated rings. The van der Waals surface area contributed by atoms with Gasteiger partial charge >= 0.3 is 0 Å². The fraction of sp³-hybridized carbons (Fsp3) is 0.444. The number of ether oxygens (including phenoxy) is 1. The maximum atomic E-state index is 12.4. The molecular weight excluding hydrogens is 334 g/mol. The summed E-state index contributed by atoms with van der Waals surface area (Å²) in [7, 11) is 1.61. The minimum atomic E-state index is -0.224. The summed E-state index contributed by atoms with van der Waals surface area (Å²) < 4.78 is 5.22. The summed E-state index contributed by atoms with van der Waals surface area (Å²) in [5.74, 6) is 1.79. The van der Waals surface area contributed by atoms with Gasteiger partial charge in [-0.05, 0) is 31.0 Å². The van der Waals surface area contributed by atoms with Crippen LogP contribution in [0.2, 0.25) is 0 Å². The maximum Gasteiger partial charge on any atom is 0.225 e. The Labute approximate surface area is 151 Å². The number of nitrogens with one attached hydrogen (secondary N) is 2. The predicted octanol–water partition coefficient (Wildman–Crippen LogP) is 1.18. The first-order valence-corrected chi connectivity index (χ1v) is 8.61. The van der Waals surface area contributed by atoms with E-state index in [-0.39, 0.29) is 24.3 Å². The third kappa shape index (κ3) is 4.38. The van der Waals surface area contributed by atoms with Gasteiger partial charge in [0.25, 0.3) is 0 Å². The molecule has 0 saturated carbocycles. The first-order chi connectivity index (χ1) is 12.5. The number of piperidine rings is 1. The second-order valence-electron chi connectivity index (χ2n) is 6.42. The zero-order valence-electron chi connectivity index (χ0n) is 15.0. The van der Waals surface area contributed by atoms with Gasteiger partial charge in [0.1, 0.15) is 11.6 Å². The highest BCUT2D eigenvalue weighted by molar-refractivity contribution is 5.83. The van der Waals surface area contributed by atoms with Crippen LogP contribution in [-0.2, 0) is 22.7 Å². The number of benzene rings is 1. The van der Waals surface area contributed by atoms with Crippen LogP contribution in [0.1, 0.15) is 30.1 Å². The van der Waals surface area contributed by atoms with E-state index in [0.29, 0.717) is 37.6 Å². The van der Waals surface area contributed by atoms with E-state index >= 15 is 0 Å². The van der Waals surface area contributed by atoms with Crippen LogP contribution in [0.4, 0.5) is 0 Å². The Balaban J connectivity index is 1.58. The zero-order chi connectivity index (χ0) is 18.5. The minimum Gasteiger partial charge on any atom is -0.497 e. The molecule has 3 rings (SSSR count). The van der Waals surface area contributed by atoms with Gasteiger partial charge in [-0.3, -0.25) is 14.7 Å². The Morgan fingerprint density at radius 1 is 1.46 bits per heavy atom. The smallest absolute Gasteiger partial charge is 0.225 e. The molecule has 1 aromatic carbocycles. The molecule has 1 aromatic heterocycles. The molecule has 0 aliphatic carbocycles. The Bertz CT molecular complexity index is 789. The quantitative estimate of drug-likeness (QED) is 0.808. The van der Waals surface area contributed by atoms with Gasteiger partial charge < -0.3 is 15.0 Å².